The minimum atomic E-state index is -0.196. The molecule has 1 amide bonds. The Morgan fingerprint density at radius 2 is 2.03 bits per heavy atom. The van der Waals surface area contributed by atoms with Crippen LogP contribution in [0, 0.1) is 0 Å². The first kappa shape index (κ1) is 20.6. The second kappa shape index (κ2) is 9.41. The maximum Gasteiger partial charge on any atom is 0.277 e. The molecule has 0 saturated carbocycles. The minimum absolute atomic E-state index is 0.136. The van der Waals surface area contributed by atoms with Gasteiger partial charge in [-0.25, -0.2) is 4.98 Å². The molecule has 0 spiro atoms. The molecule has 0 aliphatic carbocycles. The molecule has 2 aromatic carbocycles. The van der Waals surface area contributed by atoms with Crippen LogP contribution in [0.2, 0.25) is 0 Å². The van der Waals surface area contributed by atoms with Gasteiger partial charge in [-0.3, -0.25) is 4.79 Å². The van der Waals surface area contributed by atoms with E-state index in [0.717, 1.165) is 27.0 Å². The molecule has 0 atom stereocenters. The molecule has 2 aromatic heterocycles. The van der Waals surface area contributed by atoms with E-state index in [1.165, 1.54) is 23.1 Å². The predicted octanol–water partition coefficient (Wildman–Crippen LogP) is 5.36. The first-order valence-corrected chi connectivity index (χ1v) is 11.4. The summed E-state index contributed by atoms with van der Waals surface area (Å²) in [6.07, 6.45) is 0. The van der Waals surface area contributed by atoms with E-state index in [1.807, 2.05) is 53.9 Å². The van der Waals surface area contributed by atoms with Crippen LogP contribution in [0.5, 0.6) is 5.75 Å². The van der Waals surface area contributed by atoms with Crippen LogP contribution in [0.25, 0.3) is 22.7 Å². The number of halogens is 1. The summed E-state index contributed by atoms with van der Waals surface area (Å²) in [6, 6.07) is 15.2. The third-order valence-corrected chi connectivity index (χ3v) is 6.01. The summed E-state index contributed by atoms with van der Waals surface area (Å²) in [5, 5.41) is 13.6. The zero-order chi connectivity index (χ0) is 20.9. The summed E-state index contributed by atoms with van der Waals surface area (Å²) in [4.78, 5) is 16.7. The van der Waals surface area contributed by atoms with Gasteiger partial charge in [0.15, 0.2) is 5.13 Å². The van der Waals surface area contributed by atoms with E-state index in [-0.39, 0.29) is 11.7 Å². The topological polar surface area (TPSA) is 90.1 Å². The summed E-state index contributed by atoms with van der Waals surface area (Å²) in [7, 11) is 1.62. The van der Waals surface area contributed by atoms with Crippen LogP contribution in [-0.4, -0.2) is 34.0 Å². The molecule has 0 aliphatic rings. The fourth-order valence-electron chi connectivity index (χ4n) is 2.51. The molecular formula is C20H15BrN4O3S2. The Morgan fingerprint density at radius 1 is 1.20 bits per heavy atom. The number of hydrogen-bond acceptors (Lipinski definition) is 8. The smallest absolute Gasteiger partial charge is 0.277 e. The van der Waals surface area contributed by atoms with Gasteiger partial charge in [0, 0.05) is 21.0 Å². The Balaban J connectivity index is 1.33. The van der Waals surface area contributed by atoms with Crippen LogP contribution >= 0.6 is 39.0 Å². The summed E-state index contributed by atoms with van der Waals surface area (Å²) in [6.45, 7) is 0. The monoisotopic (exact) mass is 502 g/mol. The molecule has 0 radical (unpaired) electrons. The first-order chi connectivity index (χ1) is 14.6. The van der Waals surface area contributed by atoms with E-state index in [4.69, 9.17) is 9.15 Å². The third kappa shape index (κ3) is 5.07. The van der Waals surface area contributed by atoms with Crippen molar-refractivity contribution in [2.24, 2.45) is 0 Å². The van der Waals surface area contributed by atoms with Crippen molar-refractivity contribution in [2.75, 3.05) is 18.2 Å². The number of thiazole rings is 1. The Morgan fingerprint density at radius 3 is 2.80 bits per heavy atom. The molecule has 152 valence electrons. The fourth-order valence-corrected chi connectivity index (χ4v) is 4.21. The van der Waals surface area contributed by atoms with Crippen molar-refractivity contribution in [3.8, 4) is 28.5 Å². The number of carbonyl (C=O) groups is 1. The quantitative estimate of drug-likeness (QED) is 0.340. The highest BCUT2D eigenvalue weighted by atomic mass is 79.9. The van der Waals surface area contributed by atoms with Crippen molar-refractivity contribution in [1.82, 2.24) is 15.2 Å². The summed E-state index contributed by atoms with van der Waals surface area (Å²) in [5.74, 6) is 1.13. The second-order valence-electron chi connectivity index (χ2n) is 5.99. The maximum atomic E-state index is 12.3. The highest BCUT2D eigenvalue weighted by molar-refractivity contribution is 9.10. The van der Waals surface area contributed by atoms with Gasteiger partial charge < -0.3 is 14.5 Å². The SMILES string of the molecule is COc1ccc(-c2csc(NC(=O)CSc3nnc(-c4cccc(Br)c4)o3)n2)cc1. The van der Waals surface area contributed by atoms with Gasteiger partial charge in [-0.05, 0) is 42.5 Å². The van der Waals surface area contributed by atoms with E-state index in [9.17, 15) is 4.79 Å². The number of anilines is 1. The number of rotatable bonds is 7. The lowest BCUT2D eigenvalue weighted by Crippen LogP contribution is -2.13. The number of ether oxygens (including phenoxy) is 1. The average molecular weight is 503 g/mol. The van der Waals surface area contributed by atoms with Crippen LogP contribution in [-0.2, 0) is 4.79 Å². The predicted molar refractivity (Wildman–Crippen MR) is 121 cm³/mol. The Bertz CT molecular complexity index is 1160. The first-order valence-electron chi connectivity index (χ1n) is 8.73. The summed E-state index contributed by atoms with van der Waals surface area (Å²) >= 11 is 5.95. The number of nitrogens with zero attached hydrogens (tertiary/aromatic N) is 3. The van der Waals surface area contributed by atoms with Crippen LogP contribution in [0.3, 0.4) is 0 Å². The third-order valence-electron chi connectivity index (χ3n) is 3.94. The number of carbonyl (C=O) groups excluding carboxylic acids is 1. The lowest BCUT2D eigenvalue weighted by Gasteiger charge is -2.01. The van der Waals surface area contributed by atoms with Crippen LogP contribution in [0.15, 0.2) is 68.0 Å². The lowest BCUT2D eigenvalue weighted by molar-refractivity contribution is -0.113. The molecule has 4 rings (SSSR count). The van der Waals surface area contributed by atoms with Crippen LogP contribution in [0.4, 0.5) is 5.13 Å². The van der Waals surface area contributed by atoms with E-state index < -0.39 is 0 Å². The van der Waals surface area contributed by atoms with Crippen molar-refractivity contribution >= 4 is 50.1 Å². The minimum Gasteiger partial charge on any atom is -0.497 e. The van der Waals surface area contributed by atoms with Crippen molar-refractivity contribution in [3.05, 3.63) is 58.4 Å². The van der Waals surface area contributed by atoms with Gasteiger partial charge in [0.25, 0.3) is 5.22 Å². The van der Waals surface area contributed by atoms with Crippen molar-refractivity contribution in [3.63, 3.8) is 0 Å². The molecule has 0 fully saturated rings. The number of hydrogen-bond donors (Lipinski definition) is 1. The largest absolute Gasteiger partial charge is 0.497 e. The molecule has 0 unspecified atom stereocenters. The number of thioether (sulfide) groups is 1. The van der Waals surface area contributed by atoms with E-state index >= 15 is 0 Å². The van der Waals surface area contributed by atoms with Crippen LogP contribution < -0.4 is 10.1 Å². The fraction of sp³-hybridized carbons (Fsp3) is 0.100. The summed E-state index contributed by atoms with van der Waals surface area (Å²) in [5.41, 5.74) is 2.55. The average Bonchev–Trinajstić information content (AvgIpc) is 3.42. The highest BCUT2D eigenvalue weighted by Crippen LogP contribution is 2.28. The molecule has 0 aliphatic heterocycles. The van der Waals surface area contributed by atoms with Gasteiger partial charge in [-0.15, -0.1) is 21.5 Å². The zero-order valence-electron chi connectivity index (χ0n) is 15.7. The molecule has 0 saturated heterocycles. The number of benzene rings is 2. The van der Waals surface area contributed by atoms with Gasteiger partial charge in [0.2, 0.25) is 11.8 Å². The standard InChI is InChI=1S/C20H15BrN4O3S2/c1-27-15-7-5-12(6-8-15)16-10-29-19(22-16)23-17(26)11-30-20-25-24-18(28-20)13-3-2-4-14(21)9-13/h2-10H,11H2,1H3,(H,22,23,26). The van der Waals surface area contributed by atoms with Gasteiger partial charge in [-0.2, -0.15) is 0 Å². The van der Waals surface area contributed by atoms with Gasteiger partial charge in [0.1, 0.15) is 5.75 Å². The molecule has 1 N–H and O–H groups in total. The number of methoxy groups -OCH3 is 1. The second-order valence-corrected chi connectivity index (χ2v) is 8.69. The lowest BCUT2D eigenvalue weighted by atomic mass is 10.2. The van der Waals surface area contributed by atoms with Crippen molar-refractivity contribution < 1.29 is 13.9 Å². The Labute approximate surface area is 189 Å². The number of amides is 1. The normalized spacial score (nSPS) is 10.7. The molecule has 0 bridgehead atoms. The number of aromatic nitrogens is 3. The highest BCUT2D eigenvalue weighted by Gasteiger charge is 2.13. The van der Waals surface area contributed by atoms with E-state index in [1.54, 1.807) is 7.11 Å². The van der Waals surface area contributed by atoms with Gasteiger partial charge >= 0.3 is 0 Å². The Kier molecular flexibility index (Phi) is 6.46. The van der Waals surface area contributed by atoms with Crippen molar-refractivity contribution in [1.29, 1.82) is 0 Å². The summed E-state index contributed by atoms with van der Waals surface area (Å²) < 4.78 is 11.7. The Hall–Kier alpha value is -2.69. The molecule has 10 heteroatoms. The van der Waals surface area contributed by atoms with E-state index in [2.05, 4.69) is 36.4 Å². The number of nitrogens with one attached hydrogen (secondary N) is 1. The molecule has 7 nitrogen and oxygen atoms in total. The maximum absolute atomic E-state index is 12.3. The molecule has 4 aromatic rings. The van der Waals surface area contributed by atoms with Crippen LogP contribution in [0.1, 0.15) is 0 Å². The molecular weight excluding hydrogens is 488 g/mol. The zero-order valence-corrected chi connectivity index (χ0v) is 18.9. The van der Waals surface area contributed by atoms with Gasteiger partial charge in [-0.1, -0.05) is 33.8 Å². The molecule has 30 heavy (non-hydrogen) atoms. The van der Waals surface area contributed by atoms with Crippen molar-refractivity contribution in [2.45, 2.75) is 5.22 Å². The van der Waals surface area contributed by atoms with E-state index in [0.29, 0.717) is 16.2 Å². The van der Waals surface area contributed by atoms with Gasteiger partial charge in [0.05, 0.1) is 18.6 Å². The molecule has 2 heterocycles.